The van der Waals surface area contributed by atoms with E-state index >= 15 is 0 Å². The van der Waals surface area contributed by atoms with Gasteiger partial charge in [-0.15, -0.1) is 5.10 Å². The summed E-state index contributed by atoms with van der Waals surface area (Å²) in [5.41, 5.74) is 0.598. The van der Waals surface area contributed by atoms with E-state index in [4.69, 9.17) is 0 Å². The van der Waals surface area contributed by atoms with Crippen molar-refractivity contribution in [1.29, 1.82) is 0 Å². The molecule has 0 atom stereocenters. The molecule has 0 spiro atoms. The Kier molecular flexibility index (Phi) is 4.02. The lowest BCUT2D eigenvalue weighted by atomic mass is 10.4. The first-order chi connectivity index (χ1) is 8.91. The van der Waals surface area contributed by atoms with E-state index in [0.29, 0.717) is 10.2 Å². The summed E-state index contributed by atoms with van der Waals surface area (Å²) >= 11 is 3.25. The molecule has 0 N–H and O–H groups in total. The van der Waals surface area contributed by atoms with Gasteiger partial charge >= 0.3 is 0 Å². The van der Waals surface area contributed by atoms with Crippen LogP contribution in [-0.4, -0.2) is 34.8 Å². The summed E-state index contributed by atoms with van der Waals surface area (Å²) in [7, 11) is -0.297. The minimum absolute atomic E-state index is 0.178. The molecule has 0 aliphatic heterocycles. The van der Waals surface area contributed by atoms with Crippen LogP contribution in [0.2, 0.25) is 0 Å². The highest BCUT2D eigenvalue weighted by atomic mass is 79.9. The molecule has 0 amide bonds. The third-order valence-corrected chi connectivity index (χ3v) is 5.38. The molecule has 1 aromatic carbocycles. The third-order valence-electron chi connectivity index (χ3n) is 2.56. The standard InChI is InChI=1S/C11H13BrN4O2S/c1-15-7-9(13-14-15)8-16(2)19(17,18)11-6-4-3-5-10(11)12/h3-7H,8H2,1-2H3. The van der Waals surface area contributed by atoms with Crippen LogP contribution in [0.5, 0.6) is 0 Å². The molecule has 19 heavy (non-hydrogen) atoms. The largest absolute Gasteiger partial charge is 0.255 e. The van der Waals surface area contributed by atoms with Crippen molar-refractivity contribution >= 4 is 26.0 Å². The van der Waals surface area contributed by atoms with E-state index in [2.05, 4.69) is 26.2 Å². The molecule has 2 aromatic rings. The number of aromatic nitrogens is 3. The summed E-state index contributed by atoms with van der Waals surface area (Å²) in [6, 6.07) is 6.72. The van der Waals surface area contributed by atoms with Gasteiger partial charge in [0.05, 0.1) is 17.1 Å². The predicted octanol–water partition coefficient (Wildman–Crippen LogP) is 1.40. The molecular weight excluding hydrogens is 332 g/mol. The van der Waals surface area contributed by atoms with E-state index in [1.54, 1.807) is 37.5 Å². The molecular formula is C11H13BrN4O2S. The van der Waals surface area contributed by atoms with Gasteiger partial charge in [0.1, 0.15) is 0 Å². The van der Waals surface area contributed by atoms with Gasteiger partial charge in [0, 0.05) is 24.8 Å². The number of nitrogens with zero attached hydrogens (tertiary/aromatic N) is 4. The highest BCUT2D eigenvalue weighted by Crippen LogP contribution is 2.24. The van der Waals surface area contributed by atoms with Gasteiger partial charge in [-0.05, 0) is 28.1 Å². The van der Waals surface area contributed by atoms with Crippen LogP contribution in [0.15, 0.2) is 39.8 Å². The van der Waals surface area contributed by atoms with Gasteiger partial charge in [-0.2, -0.15) is 4.31 Å². The van der Waals surface area contributed by atoms with E-state index in [1.807, 2.05) is 0 Å². The van der Waals surface area contributed by atoms with Crippen LogP contribution in [0.25, 0.3) is 0 Å². The highest BCUT2D eigenvalue weighted by Gasteiger charge is 2.23. The summed E-state index contributed by atoms with van der Waals surface area (Å²) in [6.07, 6.45) is 1.69. The average molecular weight is 345 g/mol. The number of aryl methyl sites for hydroxylation is 1. The minimum atomic E-state index is -3.55. The lowest BCUT2D eigenvalue weighted by Gasteiger charge is -2.16. The summed E-state index contributed by atoms with van der Waals surface area (Å²) < 4.78 is 28.1. The SMILES string of the molecule is CN(Cc1cn(C)nn1)S(=O)(=O)c1ccccc1Br. The van der Waals surface area contributed by atoms with Crippen molar-refractivity contribution in [3.8, 4) is 0 Å². The molecule has 0 radical (unpaired) electrons. The fourth-order valence-corrected chi connectivity index (χ4v) is 3.70. The summed E-state index contributed by atoms with van der Waals surface area (Å²) in [6.45, 7) is 0.178. The second-order valence-corrected chi connectivity index (χ2v) is 6.94. The zero-order valence-electron chi connectivity index (χ0n) is 10.5. The predicted molar refractivity (Wildman–Crippen MR) is 73.8 cm³/mol. The molecule has 8 heteroatoms. The topological polar surface area (TPSA) is 68.1 Å². The first-order valence-corrected chi connectivity index (χ1v) is 7.70. The van der Waals surface area contributed by atoms with Crippen molar-refractivity contribution in [3.63, 3.8) is 0 Å². The van der Waals surface area contributed by atoms with Crippen LogP contribution in [0.1, 0.15) is 5.69 Å². The second-order valence-electron chi connectivity index (χ2n) is 4.08. The van der Waals surface area contributed by atoms with Crippen molar-refractivity contribution in [2.45, 2.75) is 11.4 Å². The van der Waals surface area contributed by atoms with E-state index in [9.17, 15) is 8.42 Å². The molecule has 102 valence electrons. The monoisotopic (exact) mass is 344 g/mol. The fourth-order valence-electron chi connectivity index (χ4n) is 1.60. The smallest absolute Gasteiger partial charge is 0.244 e. The lowest BCUT2D eigenvalue weighted by molar-refractivity contribution is 0.461. The Morgan fingerprint density at radius 2 is 2.05 bits per heavy atom. The van der Waals surface area contributed by atoms with Gasteiger partial charge in [0.2, 0.25) is 10.0 Å². The number of hydrogen-bond acceptors (Lipinski definition) is 4. The van der Waals surface area contributed by atoms with Crippen LogP contribution >= 0.6 is 15.9 Å². The molecule has 0 saturated carbocycles. The Morgan fingerprint density at radius 3 is 2.63 bits per heavy atom. The fraction of sp³-hybridized carbons (Fsp3) is 0.273. The average Bonchev–Trinajstić information content (AvgIpc) is 2.75. The minimum Gasteiger partial charge on any atom is -0.255 e. The lowest BCUT2D eigenvalue weighted by Crippen LogP contribution is -2.27. The van der Waals surface area contributed by atoms with Crippen LogP contribution in [0, 0.1) is 0 Å². The first-order valence-electron chi connectivity index (χ1n) is 5.47. The molecule has 0 saturated heterocycles. The zero-order valence-corrected chi connectivity index (χ0v) is 12.9. The third kappa shape index (κ3) is 3.02. The van der Waals surface area contributed by atoms with Crippen LogP contribution < -0.4 is 0 Å². The summed E-state index contributed by atoms with van der Waals surface area (Å²) in [5, 5.41) is 7.66. The number of sulfonamides is 1. The maximum atomic E-state index is 12.4. The van der Waals surface area contributed by atoms with E-state index in [1.165, 1.54) is 16.0 Å². The molecule has 0 bridgehead atoms. The van der Waals surface area contributed by atoms with Crippen molar-refractivity contribution in [2.24, 2.45) is 7.05 Å². The Morgan fingerprint density at radius 1 is 1.37 bits per heavy atom. The number of halogens is 1. The van der Waals surface area contributed by atoms with Crippen LogP contribution in [0.4, 0.5) is 0 Å². The zero-order chi connectivity index (χ0) is 14.0. The molecule has 1 heterocycles. The number of rotatable bonds is 4. The maximum absolute atomic E-state index is 12.4. The van der Waals surface area contributed by atoms with E-state index in [0.717, 1.165) is 0 Å². The number of hydrogen-bond donors (Lipinski definition) is 0. The molecule has 2 rings (SSSR count). The van der Waals surface area contributed by atoms with Crippen LogP contribution in [0.3, 0.4) is 0 Å². The number of benzene rings is 1. The van der Waals surface area contributed by atoms with Crippen molar-refractivity contribution in [2.75, 3.05) is 7.05 Å². The molecule has 0 aliphatic rings. The van der Waals surface area contributed by atoms with E-state index < -0.39 is 10.0 Å². The van der Waals surface area contributed by atoms with Gasteiger partial charge in [-0.25, -0.2) is 8.42 Å². The Labute approximate surface area is 120 Å². The van der Waals surface area contributed by atoms with Gasteiger partial charge in [-0.1, -0.05) is 17.3 Å². The van der Waals surface area contributed by atoms with Crippen molar-refractivity contribution in [3.05, 3.63) is 40.6 Å². The first kappa shape index (κ1) is 14.2. The molecule has 0 fully saturated rings. The molecule has 6 nitrogen and oxygen atoms in total. The Bertz CT molecular complexity index is 684. The highest BCUT2D eigenvalue weighted by molar-refractivity contribution is 9.10. The maximum Gasteiger partial charge on any atom is 0.244 e. The quantitative estimate of drug-likeness (QED) is 0.840. The van der Waals surface area contributed by atoms with Crippen molar-refractivity contribution < 1.29 is 8.42 Å². The molecule has 0 aliphatic carbocycles. The molecule has 1 aromatic heterocycles. The van der Waals surface area contributed by atoms with Gasteiger partial charge in [0.25, 0.3) is 0 Å². The second kappa shape index (κ2) is 5.40. The van der Waals surface area contributed by atoms with Gasteiger partial charge in [-0.3, -0.25) is 4.68 Å². The Hall–Kier alpha value is -1.25. The summed E-state index contributed by atoms with van der Waals surface area (Å²) in [5.74, 6) is 0. The Balaban J connectivity index is 2.27. The van der Waals surface area contributed by atoms with Crippen molar-refractivity contribution in [1.82, 2.24) is 19.3 Å². The van der Waals surface area contributed by atoms with Gasteiger partial charge in [0.15, 0.2) is 0 Å². The van der Waals surface area contributed by atoms with Crippen LogP contribution in [-0.2, 0) is 23.6 Å². The normalized spacial score (nSPS) is 12.0. The summed E-state index contributed by atoms with van der Waals surface area (Å²) in [4.78, 5) is 0.237. The molecule has 0 unspecified atom stereocenters. The van der Waals surface area contributed by atoms with Gasteiger partial charge < -0.3 is 0 Å². The van der Waals surface area contributed by atoms with E-state index in [-0.39, 0.29) is 11.4 Å².